The maximum absolute atomic E-state index is 11.0. The third-order valence-electron chi connectivity index (χ3n) is 1.55. The van der Waals surface area contributed by atoms with E-state index in [-0.39, 0.29) is 0 Å². The van der Waals surface area contributed by atoms with Gasteiger partial charge in [0.1, 0.15) is 0 Å². The molecular formula is C9H13N2O2+. The number of aryl methyl sites for hydroxylation is 1. The number of pyridine rings is 1. The standard InChI is InChI=1S/C9H12N2O2/c1-3-13-9(12)10-11-7-5-4-6-8(11)2/h4-7H,3H2,1-2H3/p+1. The van der Waals surface area contributed by atoms with Crippen LogP contribution >= 0.6 is 0 Å². The van der Waals surface area contributed by atoms with Crippen LogP contribution in [0, 0.1) is 6.92 Å². The SMILES string of the molecule is CCOC(=O)N[n+]1ccccc1C. The number of nitrogens with zero attached hydrogens (tertiary/aromatic N) is 1. The van der Waals surface area contributed by atoms with Crippen molar-refractivity contribution in [3.8, 4) is 0 Å². The van der Waals surface area contributed by atoms with Crippen LogP contribution in [0.2, 0.25) is 0 Å². The van der Waals surface area contributed by atoms with Crippen molar-refractivity contribution in [2.24, 2.45) is 0 Å². The summed E-state index contributed by atoms with van der Waals surface area (Å²) in [5.74, 6) is 0. The van der Waals surface area contributed by atoms with Gasteiger partial charge in [0.25, 0.3) is 0 Å². The number of rotatable bonds is 2. The van der Waals surface area contributed by atoms with E-state index in [0.717, 1.165) is 5.69 Å². The van der Waals surface area contributed by atoms with Crippen LogP contribution in [0.15, 0.2) is 24.4 Å². The average Bonchev–Trinajstić information content (AvgIpc) is 2.09. The number of carbonyl (C=O) groups excluding carboxylic acids is 1. The predicted octanol–water partition coefficient (Wildman–Crippen LogP) is 0.983. The Bertz CT molecular complexity index is 299. The Morgan fingerprint density at radius 3 is 3.00 bits per heavy atom. The van der Waals surface area contributed by atoms with Crippen LogP contribution < -0.4 is 10.1 Å². The van der Waals surface area contributed by atoms with Gasteiger partial charge in [-0.3, -0.25) is 0 Å². The highest BCUT2D eigenvalue weighted by molar-refractivity contribution is 5.73. The molecular weight excluding hydrogens is 168 g/mol. The summed E-state index contributed by atoms with van der Waals surface area (Å²) < 4.78 is 6.34. The molecule has 1 heterocycles. The Balaban J connectivity index is 2.63. The predicted molar refractivity (Wildman–Crippen MR) is 47.8 cm³/mol. The van der Waals surface area contributed by atoms with E-state index in [1.54, 1.807) is 17.8 Å². The van der Waals surface area contributed by atoms with Crippen LogP contribution in [-0.4, -0.2) is 12.7 Å². The summed E-state index contributed by atoms with van der Waals surface area (Å²) in [5, 5.41) is 0. The zero-order valence-electron chi connectivity index (χ0n) is 7.78. The minimum atomic E-state index is -0.443. The number of hydrogen-bond acceptors (Lipinski definition) is 2. The third kappa shape index (κ3) is 2.74. The van der Waals surface area contributed by atoms with Crippen molar-refractivity contribution < 1.29 is 14.2 Å². The number of aromatic nitrogens is 1. The lowest BCUT2D eigenvalue weighted by atomic mass is 10.4. The lowest BCUT2D eigenvalue weighted by molar-refractivity contribution is -0.649. The summed E-state index contributed by atoms with van der Waals surface area (Å²) in [6, 6.07) is 5.63. The summed E-state index contributed by atoms with van der Waals surface area (Å²) in [6.45, 7) is 4.03. The molecule has 0 aliphatic heterocycles. The van der Waals surface area contributed by atoms with E-state index in [1.807, 2.05) is 25.1 Å². The molecule has 1 N–H and O–H groups in total. The minimum absolute atomic E-state index is 0.373. The van der Waals surface area contributed by atoms with Gasteiger partial charge in [-0.2, -0.15) is 0 Å². The maximum atomic E-state index is 11.0. The van der Waals surface area contributed by atoms with Gasteiger partial charge in [-0.05, 0) is 13.0 Å². The van der Waals surface area contributed by atoms with Crippen molar-refractivity contribution in [1.82, 2.24) is 0 Å². The molecule has 0 fully saturated rings. The van der Waals surface area contributed by atoms with Gasteiger partial charge in [-0.15, -0.1) is 0 Å². The topological polar surface area (TPSA) is 42.2 Å². The van der Waals surface area contributed by atoms with E-state index in [9.17, 15) is 4.79 Å². The van der Waals surface area contributed by atoms with Gasteiger partial charge in [-0.1, -0.05) is 10.1 Å². The van der Waals surface area contributed by atoms with Gasteiger partial charge >= 0.3 is 6.09 Å². The smallest absolute Gasteiger partial charge is 0.446 e. The molecule has 4 nitrogen and oxygen atoms in total. The van der Waals surface area contributed by atoms with Gasteiger partial charge in [-0.25, -0.2) is 4.79 Å². The Morgan fingerprint density at radius 2 is 2.38 bits per heavy atom. The van der Waals surface area contributed by atoms with E-state index in [4.69, 9.17) is 4.74 Å². The molecule has 0 aliphatic carbocycles. The fourth-order valence-electron chi connectivity index (χ4n) is 0.916. The molecule has 0 aliphatic rings. The van der Waals surface area contributed by atoms with Crippen LogP contribution in [0.4, 0.5) is 4.79 Å². The van der Waals surface area contributed by atoms with Crippen molar-refractivity contribution in [1.29, 1.82) is 0 Å². The molecule has 0 bridgehead atoms. The molecule has 13 heavy (non-hydrogen) atoms. The largest absolute Gasteiger partial charge is 0.461 e. The minimum Gasteiger partial charge on any atom is -0.446 e. The monoisotopic (exact) mass is 181 g/mol. The molecule has 0 spiro atoms. The van der Waals surface area contributed by atoms with Crippen LogP contribution in [0.25, 0.3) is 0 Å². The molecule has 1 aromatic rings. The summed E-state index contributed by atoms with van der Waals surface area (Å²) in [6.07, 6.45) is 1.31. The van der Waals surface area contributed by atoms with Gasteiger partial charge in [0.15, 0.2) is 6.20 Å². The molecule has 1 rings (SSSR count). The summed E-state index contributed by atoms with van der Waals surface area (Å²) >= 11 is 0. The Morgan fingerprint density at radius 1 is 1.62 bits per heavy atom. The highest BCUT2D eigenvalue weighted by atomic mass is 16.5. The highest BCUT2D eigenvalue weighted by Gasteiger charge is 2.09. The molecule has 1 amide bonds. The van der Waals surface area contributed by atoms with Crippen molar-refractivity contribution in [2.75, 3.05) is 12.0 Å². The third-order valence-corrected chi connectivity index (χ3v) is 1.55. The quantitative estimate of drug-likeness (QED) is 0.691. The number of ether oxygens (including phenoxy) is 1. The van der Waals surface area contributed by atoms with Crippen molar-refractivity contribution in [3.63, 3.8) is 0 Å². The normalized spacial score (nSPS) is 9.38. The number of carbonyl (C=O) groups is 1. The molecule has 1 aromatic heterocycles. The Hall–Kier alpha value is -1.58. The molecule has 70 valence electrons. The zero-order valence-corrected chi connectivity index (χ0v) is 7.78. The van der Waals surface area contributed by atoms with E-state index in [1.165, 1.54) is 0 Å². The first-order chi connectivity index (χ1) is 6.24. The second-order valence-corrected chi connectivity index (χ2v) is 2.54. The van der Waals surface area contributed by atoms with Gasteiger partial charge in [0.05, 0.1) is 6.61 Å². The summed E-state index contributed by atoms with van der Waals surface area (Å²) in [4.78, 5) is 11.0. The molecule has 0 aromatic carbocycles. The number of nitrogens with one attached hydrogen (secondary N) is 1. The number of amides is 1. The average molecular weight is 181 g/mol. The highest BCUT2D eigenvalue weighted by Crippen LogP contribution is 1.86. The lowest BCUT2D eigenvalue weighted by Gasteiger charge is -2.00. The van der Waals surface area contributed by atoms with E-state index in [2.05, 4.69) is 5.43 Å². The van der Waals surface area contributed by atoms with Crippen LogP contribution in [0.1, 0.15) is 12.6 Å². The zero-order chi connectivity index (χ0) is 9.68. The second kappa shape index (κ2) is 4.45. The maximum Gasteiger partial charge on any atom is 0.461 e. The van der Waals surface area contributed by atoms with E-state index in [0.29, 0.717) is 6.61 Å². The lowest BCUT2D eigenvalue weighted by Crippen LogP contribution is -2.50. The van der Waals surface area contributed by atoms with Gasteiger partial charge < -0.3 is 4.74 Å². The second-order valence-electron chi connectivity index (χ2n) is 2.54. The first-order valence-corrected chi connectivity index (χ1v) is 4.15. The van der Waals surface area contributed by atoms with Crippen molar-refractivity contribution >= 4 is 6.09 Å². The molecule has 0 unspecified atom stereocenters. The van der Waals surface area contributed by atoms with Crippen LogP contribution in [0.5, 0.6) is 0 Å². The molecule has 0 saturated heterocycles. The molecule has 4 heteroatoms. The molecule has 0 atom stereocenters. The van der Waals surface area contributed by atoms with Gasteiger partial charge in [0, 0.05) is 19.1 Å². The summed E-state index contributed by atoms with van der Waals surface area (Å²) in [7, 11) is 0. The Labute approximate surface area is 77.1 Å². The van der Waals surface area contributed by atoms with Crippen molar-refractivity contribution in [2.45, 2.75) is 13.8 Å². The molecule has 0 saturated carbocycles. The number of hydrogen-bond donors (Lipinski definition) is 1. The van der Waals surface area contributed by atoms with Gasteiger partial charge in [0.2, 0.25) is 5.69 Å². The van der Waals surface area contributed by atoms with Crippen LogP contribution in [-0.2, 0) is 4.74 Å². The van der Waals surface area contributed by atoms with Crippen molar-refractivity contribution in [3.05, 3.63) is 30.1 Å². The van der Waals surface area contributed by atoms with E-state index < -0.39 is 6.09 Å². The first-order valence-electron chi connectivity index (χ1n) is 4.15. The van der Waals surface area contributed by atoms with E-state index >= 15 is 0 Å². The summed E-state index contributed by atoms with van der Waals surface area (Å²) in [5.41, 5.74) is 3.51. The van der Waals surface area contributed by atoms with Crippen LogP contribution in [0.3, 0.4) is 0 Å². The molecule has 0 radical (unpaired) electrons. The fraction of sp³-hybridized carbons (Fsp3) is 0.333. The Kier molecular flexibility index (Phi) is 3.25. The fourth-order valence-corrected chi connectivity index (χ4v) is 0.916. The first kappa shape index (κ1) is 9.51.